The number of hydrogen-bond acceptors (Lipinski definition) is 6. The Morgan fingerprint density at radius 1 is 0.833 bits per heavy atom. The number of rotatable bonds is 7. The molecule has 5 aromatic rings. The van der Waals surface area contributed by atoms with Crippen molar-refractivity contribution < 1.29 is 24.2 Å². The second-order valence-corrected chi connectivity index (χ2v) is 14.4. The summed E-state index contributed by atoms with van der Waals surface area (Å²) in [6.45, 7) is 6.28. The number of morpholine rings is 1. The second-order valence-electron chi connectivity index (χ2n) is 14.0. The van der Waals surface area contributed by atoms with Gasteiger partial charge in [-0.2, -0.15) is 5.10 Å². The SMILES string of the molecule is Cc1c(Cl)c(C(=O)N(c2ccccc2)c2ccccc2)nn1-c1cc2c(cc1C(=O)N1Cc3ccccc3C[C@H]1CN1CCOCC1)CN(C(=O)O)CC2. The van der Waals surface area contributed by atoms with E-state index in [0.29, 0.717) is 74.0 Å². The minimum atomic E-state index is -1.00. The zero-order valence-corrected chi connectivity index (χ0v) is 30.8. The number of hydrogen-bond donors (Lipinski definition) is 1. The Morgan fingerprint density at radius 3 is 2.15 bits per heavy atom. The standard InChI is InChI=1S/C42H41ClN6O5/c1-28-38(43)39(41(51)48(33-12-4-2-5-13-33)34-14-6-3-7-15-34)44-49(28)37-24-30-16-17-46(42(52)53)25-32(30)23-36(37)40(50)47-26-31-11-9-8-10-29(31)22-35(47)27-45-18-20-54-21-19-45/h2-15,23-24,35H,16-22,25-27H2,1H3,(H,52,53)/t35-/m0/s1. The summed E-state index contributed by atoms with van der Waals surface area (Å²) >= 11 is 7.03. The van der Waals surface area contributed by atoms with Gasteiger partial charge in [0, 0.05) is 56.7 Å². The van der Waals surface area contributed by atoms with Crippen LogP contribution in [0, 0.1) is 6.92 Å². The highest BCUT2D eigenvalue weighted by atomic mass is 35.5. The quantitative estimate of drug-likeness (QED) is 0.196. The molecule has 1 fully saturated rings. The van der Waals surface area contributed by atoms with Gasteiger partial charge in [0.25, 0.3) is 11.8 Å². The Labute approximate surface area is 318 Å². The molecule has 1 atom stereocenters. The number of halogens is 1. The molecule has 3 amide bonds. The van der Waals surface area contributed by atoms with Gasteiger partial charge in [0.2, 0.25) is 0 Å². The van der Waals surface area contributed by atoms with Crippen LogP contribution in [0.3, 0.4) is 0 Å². The molecule has 0 bridgehead atoms. The van der Waals surface area contributed by atoms with Crippen LogP contribution < -0.4 is 4.90 Å². The predicted octanol–water partition coefficient (Wildman–Crippen LogP) is 6.75. The van der Waals surface area contributed by atoms with Gasteiger partial charge in [-0.1, -0.05) is 72.3 Å². The van der Waals surface area contributed by atoms with Crippen molar-refractivity contribution >= 4 is 40.9 Å². The van der Waals surface area contributed by atoms with Gasteiger partial charge in [-0.25, -0.2) is 9.48 Å². The van der Waals surface area contributed by atoms with Crippen molar-refractivity contribution in [3.8, 4) is 5.69 Å². The van der Waals surface area contributed by atoms with E-state index in [2.05, 4.69) is 17.0 Å². The fourth-order valence-electron chi connectivity index (χ4n) is 7.83. The van der Waals surface area contributed by atoms with Crippen LogP contribution in [-0.4, -0.2) is 92.9 Å². The second kappa shape index (κ2) is 15.1. The fourth-order valence-corrected chi connectivity index (χ4v) is 8.03. The first-order valence-electron chi connectivity index (χ1n) is 18.3. The van der Waals surface area contributed by atoms with Crippen molar-refractivity contribution in [1.29, 1.82) is 0 Å². The van der Waals surface area contributed by atoms with E-state index in [0.717, 1.165) is 29.8 Å². The van der Waals surface area contributed by atoms with Crippen molar-refractivity contribution in [2.24, 2.45) is 0 Å². The van der Waals surface area contributed by atoms with Crippen molar-refractivity contribution in [1.82, 2.24) is 24.5 Å². The highest BCUT2D eigenvalue weighted by Crippen LogP contribution is 2.35. The number of ether oxygens (including phenoxy) is 1. The van der Waals surface area contributed by atoms with Crippen molar-refractivity contribution in [2.75, 3.05) is 44.3 Å². The van der Waals surface area contributed by atoms with Crippen molar-refractivity contribution in [2.45, 2.75) is 38.9 Å². The fraction of sp³-hybridized carbons (Fsp3) is 0.286. The lowest BCUT2D eigenvalue weighted by atomic mass is 9.91. The molecule has 3 aliphatic heterocycles. The summed E-state index contributed by atoms with van der Waals surface area (Å²) in [5, 5.41) is 14.9. The molecule has 276 valence electrons. The van der Waals surface area contributed by atoms with Crippen LogP contribution in [0.2, 0.25) is 5.02 Å². The Hall–Kier alpha value is -5.49. The maximum atomic E-state index is 15.2. The zero-order valence-electron chi connectivity index (χ0n) is 30.0. The van der Waals surface area contributed by atoms with E-state index >= 15 is 4.79 Å². The monoisotopic (exact) mass is 744 g/mol. The Balaban J connectivity index is 1.23. The number of para-hydroxylation sites is 2. The summed E-state index contributed by atoms with van der Waals surface area (Å²) in [6, 6.07) is 30.5. The molecule has 0 spiro atoms. The van der Waals surface area contributed by atoms with Crippen LogP contribution in [-0.2, 0) is 30.7 Å². The highest BCUT2D eigenvalue weighted by Gasteiger charge is 2.36. The number of fused-ring (bicyclic) bond motifs is 2. The van der Waals surface area contributed by atoms with Crippen molar-refractivity contribution in [3.05, 3.63) is 141 Å². The molecule has 1 saturated heterocycles. The molecule has 3 aliphatic rings. The molecule has 11 nitrogen and oxygen atoms in total. The zero-order chi connectivity index (χ0) is 37.3. The summed E-state index contributed by atoms with van der Waals surface area (Å²) in [4.78, 5) is 49.0. The van der Waals surface area contributed by atoms with Gasteiger partial charge in [-0.3, -0.25) is 19.4 Å². The Morgan fingerprint density at radius 2 is 1.48 bits per heavy atom. The summed E-state index contributed by atoms with van der Waals surface area (Å²) < 4.78 is 7.23. The summed E-state index contributed by atoms with van der Waals surface area (Å²) in [7, 11) is 0. The lowest BCUT2D eigenvalue weighted by Crippen LogP contribution is -2.52. The van der Waals surface area contributed by atoms with Crippen LogP contribution >= 0.6 is 11.6 Å². The Bertz CT molecular complexity index is 2160. The third kappa shape index (κ3) is 6.86. The predicted molar refractivity (Wildman–Crippen MR) is 206 cm³/mol. The van der Waals surface area contributed by atoms with Crippen LogP contribution in [0.25, 0.3) is 5.69 Å². The maximum Gasteiger partial charge on any atom is 0.407 e. The number of anilines is 2. The first kappa shape index (κ1) is 35.5. The average molecular weight is 745 g/mol. The van der Waals surface area contributed by atoms with E-state index in [4.69, 9.17) is 21.4 Å². The molecule has 0 radical (unpaired) electrons. The van der Waals surface area contributed by atoms with Crippen LogP contribution in [0.15, 0.2) is 97.1 Å². The molecule has 4 heterocycles. The minimum Gasteiger partial charge on any atom is -0.465 e. The molecule has 1 N–H and O–H groups in total. The van der Waals surface area contributed by atoms with Crippen LogP contribution in [0.1, 0.15) is 48.8 Å². The van der Waals surface area contributed by atoms with Gasteiger partial charge in [-0.15, -0.1) is 0 Å². The lowest BCUT2D eigenvalue weighted by Gasteiger charge is -2.41. The number of aromatic nitrogens is 2. The number of carboxylic acid groups (broad SMARTS) is 1. The molecule has 54 heavy (non-hydrogen) atoms. The number of benzene rings is 4. The normalized spacial score (nSPS) is 17.1. The first-order valence-corrected chi connectivity index (χ1v) is 18.7. The Kier molecular flexibility index (Phi) is 9.93. The smallest absolute Gasteiger partial charge is 0.407 e. The molecule has 8 rings (SSSR count). The number of nitrogens with zero attached hydrogens (tertiary/aromatic N) is 6. The maximum absolute atomic E-state index is 15.2. The minimum absolute atomic E-state index is 0.0483. The largest absolute Gasteiger partial charge is 0.465 e. The topological polar surface area (TPSA) is 111 Å². The lowest BCUT2D eigenvalue weighted by molar-refractivity contribution is 0.0192. The first-order chi connectivity index (χ1) is 26.3. The van der Waals surface area contributed by atoms with E-state index in [9.17, 15) is 14.7 Å². The number of carbonyl (C=O) groups excluding carboxylic acids is 2. The summed E-state index contributed by atoms with van der Waals surface area (Å²) in [6.07, 6.45) is 0.164. The number of carbonyl (C=O) groups is 3. The molecule has 0 saturated carbocycles. The van der Waals surface area contributed by atoms with Gasteiger partial charge >= 0.3 is 6.09 Å². The summed E-state index contributed by atoms with van der Waals surface area (Å²) in [5.74, 6) is -0.609. The van der Waals surface area contributed by atoms with E-state index in [1.54, 1.807) is 16.5 Å². The van der Waals surface area contributed by atoms with Gasteiger partial charge in [-0.05, 0) is 78.4 Å². The molecular formula is C42H41ClN6O5. The van der Waals surface area contributed by atoms with Gasteiger partial charge in [0.15, 0.2) is 5.69 Å². The molecule has 0 unspecified atom stereocenters. The van der Waals surface area contributed by atoms with Gasteiger partial charge < -0.3 is 19.6 Å². The molecule has 1 aromatic heterocycles. The van der Waals surface area contributed by atoms with E-state index in [-0.39, 0.29) is 29.2 Å². The summed E-state index contributed by atoms with van der Waals surface area (Å²) in [5.41, 5.74) is 6.73. The van der Waals surface area contributed by atoms with E-state index in [1.807, 2.05) is 89.8 Å². The molecular weight excluding hydrogens is 704 g/mol. The average Bonchev–Trinajstić information content (AvgIpc) is 3.50. The van der Waals surface area contributed by atoms with Crippen molar-refractivity contribution in [3.63, 3.8) is 0 Å². The van der Waals surface area contributed by atoms with Crippen LogP contribution in [0.5, 0.6) is 0 Å². The number of amides is 3. The van der Waals surface area contributed by atoms with Crippen LogP contribution in [0.4, 0.5) is 16.2 Å². The molecule has 4 aromatic carbocycles. The molecule has 0 aliphatic carbocycles. The van der Waals surface area contributed by atoms with E-state index < -0.39 is 12.0 Å². The van der Waals surface area contributed by atoms with Gasteiger partial charge in [0.1, 0.15) is 0 Å². The highest BCUT2D eigenvalue weighted by molar-refractivity contribution is 6.35. The third-order valence-corrected chi connectivity index (χ3v) is 11.2. The van der Waals surface area contributed by atoms with Gasteiger partial charge in [0.05, 0.1) is 35.2 Å². The van der Waals surface area contributed by atoms with E-state index in [1.165, 1.54) is 10.5 Å². The third-order valence-electron chi connectivity index (χ3n) is 10.7. The molecule has 12 heteroatoms.